The molecule has 3 aliphatic carbocycles. The van der Waals surface area contributed by atoms with Crippen molar-refractivity contribution in [2.45, 2.75) is 70.3 Å². The summed E-state index contributed by atoms with van der Waals surface area (Å²) in [5.74, 6) is -0.664. The van der Waals surface area contributed by atoms with E-state index in [4.69, 9.17) is 9.47 Å². The molecule has 2 fully saturated rings. The third kappa shape index (κ3) is 4.38. The van der Waals surface area contributed by atoms with Crippen LogP contribution in [0.4, 0.5) is 8.78 Å². The first-order valence-corrected chi connectivity index (χ1v) is 13.8. The second kappa shape index (κ2) is 9.35. The molecule has 0 aliphatic heterocycles. The summed E-state index contributed by atoms with van der Waals surface area (Å²) in [5.41, 5.74) is 4.19. The summed E-state index contributed by atoms with van der Waals surface area (Å²) in [7, 11) is 1.53. The van der Waals surface area contributed by atoms with E-state index in [0.717, 1.165) is 43.2 Å². The van der Waals surface area contributed by atoms with Gasteiger partial charge in [-0.2, -0.15) is 0 Å². The van der Waals surface area contributed by atoms with Crippen molar-refractivity contribution >= 4 is 5.97 Å². The first-order valence-electron chi connectivity index (χ1n) is 13.8. The summed E-state index contributed by atoms with van der Waals surface area (Å²) in [4.78, 5) is 11.6. The molecule has 204 valence electrons. The predicted octanol–water partition coefficient (Wildman–Crippen LogP) is 7.80. The number of fused-ring (bicyclic) bond motifs is 2. The number of benzene rings is 3. The Labute approximate surface area is 228 Å². The Hall–Kier alpha value is -3.41. The highest BCUT2D eigenvalue weighted by Gasteiger charge is 2.61. The number of hydrogen-bond acceptors (Lipinski definition) is 3. The lowest BCUT2D eigenvalue weighted by Crippen LogP contribution is -2.17. The van der Waals surface area contributed by atoms with Crippen molar-refractivity contribution in [1.29, 1.82) is 0 Å². The Kier molecular flexibility index (Phi) is 6.20. The SMILES string of the molecule is COc1ccc(F)c(-c2cc(F)c(COc3ccc4c(c3)C3(CC4)CC3C(=O)O)cc2C2CCCC2(C)C)c1. The molecule has 1 spiro atoms. The highest BCUT2D eigenvalue weighted by molar-refractivity contribution is 5.78. The van der Waals surface area contributed by atoms with Crippen molar-refractivity contribution < 1.29 is 28.2 Å². The molecule has 0 radical (unpaired) electrons. The molecule has 3 aromatic rings. The summed E-state index contributed by atoms with van der Waals surface area (Å²) < 4.78 is 42.1. The minimum absolute atomic E-state index is 0.000697. The largest absolute Gasteiger partial charge is 0.497 e. The Morgan fingerprint density at radius 2 is 1.79 bits per heavy atom. The summed E-state index contributed by atoms with van der Waals surface area (Å²) in [6.07, 6.45) is 5.45. The lowest BCUT2D eigenvalue weighted by atomic mass is 9.75. The molecular formula is C33H34F2O4. The van der Waals surface area contributed by atoms with Gasteiger partial charge in [-0.05, 0) is 108 Å². The molecule has 6 heteroatoms. The van der Waals surface area contributed by atoms with E-state index in [2.05, 4.69) is 13.8 Å². The predicted molar refractivity (Wildman–Crippen MR) is 145 cm³/mol. The number of halogens is 2. The number of methoxy groups -OCH3 is 1. The normalized spacial score (nSPS) is 24.5. The number of aryl methyl sites for hydroxylation is 1. The molecule has 0 heterocycles. The van der Waals surface area contributed by atoms with Crippen LogP contribution in [-0.2, 0) is 23.2 Å². The lowest BCUT2D eigenvalue weighted by Gasteiger charge is -2.30. The van der Waals surface area contributed by atoms with Crippen LogP contribution in [0.2, 0.25) is 0 Å². The average molecular weight is 533 g/mol. The van der Waals surface area contributed by atoms with Gasteiger partial charge in [0.1, 0.15) is 29.7 Å². The molecule has 0 bridgehead atoms. The maximum absolute atomic E-state index is 15.6. The zero-order valence-corrected chi connectivity index (χ0v) is 22.7. The lowest BCUT2D eigenvalue weighted by molar-refractivity contribution is -0.139. The van der Waals surface area contributed by atoms with Crippen LogP contribution in [0.15, 0.2) is 48.5 Å². The zero-order valence-electron chi connectivity index (χ0n) is 22.7. The fraction of sp³-hybridized carbons (Fsp3) is 0.424. The van der Waals surface area contributed by atoms with E-state index in [9.17, 15) is 9.90 Å². The summed E-state index contributed by atoms with van der Waals surface area (Å²) in [6, 6.07) is 13.7. The zero-order chi connectivity index (χ0) is 27.5. The third-order valence-corrected chi connectivity index (χ3v) is 9.54. The van der Waals surface area contributed by atoms with E-state index in [1.54, 1.807) is 12.1 Å². The Morgan fingerprint density at radius 3 is 2.49 bits per heavy atom. The Morgan fingerprint density at radius 1 is 1.00 bits per heavy atom. The van der Waals surface area contributed by atoms with Gasteiger partial charge in [-0.25, -0.2) is 8.78 Å². The average Bonchev–Trinajstić information content (AvgIpc) is 3.40. The maximum atomic E-state index is 15.6. The van der Waals surface area contributed by atoms with Gasteiger partial charge >= 0.3 is 5.97 Å². The van der Waals surface area contributed by atoms with Crippen molar-refractivity contribution in [2.75, 3.05) is 7.11 Å². The van der Waals surface area contributed by atoms with Gasteiger partial charge in [-0.15, -0.1) is 0 Å². The molecule has 0 aromatic heterocycles. The molecule has 1 N–H and O–H groups in total. The minimum Gasteiger partial charge on any atom is -0.497 e. The van der Waals surface area contributed by atoms with Crippen LogP contribution in [-0.4, -0.2) is 18.2 Å². The minimum atomic E-state index is -0.744. The standard InChI is InChI=1S/C33H34F2O4/c1-32(2)11-4-5-26(32)24-13-20(30(35)16-23(24)25-14-21(38-3)8-9-29(25)34)18-39-22-7-6-19-10-12-33(27(19)15-22)17-28(33)31(36)37/h6-9,13-16,26,28H,4-5,10-12,17-18H2,1-3H3,(H,36,37). The summed E-state index contributed by atoms with van der Waals surface area (Å²) in [6.45, 7) is 4.47. The van der Waals surface area contributed by atoms with Crippen LogP contribution in [0.25, 0.3) is 11.1 Å². The van der Waals surface area contributed by atoms with Crippen LogP contribution in [0, 0.1) is 23.0 Å². The van der Waals surface area contributed by atoms with Crippen molar-refractivity contribution in [1.82, 2.24) is 0 Å². The number of carbonyl (C=O) groups is 1. The molecule has 0 amide bonds. The summed E-state index contributed by atoms with van der Waals surface area (Å²) in [5, 5.41) is 9.56. The molecule has 3 atom stereocenters. The van der Waals surface area contributed by atoms with Gasteiger partial charge in [0.05, 0.1) is 13.0 Å². The van der Waals surface area contributed by atoms with Crippen molar-refractivity contribution in [3.8, 4) is 22.6 Å². The van der Waals surface area contributed by atoms with E-state index in [1.165, 1.54) is 24.8 Å². The van der Waals surface area contributed by atoms with Crippen LogP contribution in [0.3, 0.4) is 0 Å². The molecule has 6 rings (SSSR count). The fourth-order valence-electron chi connectivity index (χ4n) is 7.19. The number of ether oxygens (including phenoxy) is 2. The van der Waals surface area contributed by atoms with Gasteiger partial charge in [0.15, 0.2) is 0 Å². The molecule has 3 aromatic carbocycles. The van der Waals surface area contributed by atoms with Gasteiger partial charge in [0.2, 0.25) is 0 Å². The molecule has 3 unspecified atom stereocenters. The van der Waals surface area contributed by atoms with Gasteiger partial charge < -0.3 is 14.6 Å². The van der Waals surface area contributed by atoms with E-state index < -0.39 is 17.6 Å². The van der Waals surface area contributed by atoms with Gasteiger partial charge in [0, 0.05) is 16.5 Å². The first-order chi connectivity index (χ1) is 18.6. The van der Waals surface area contributed by atoms with Crippen LogP contribution >= 0.6 is 0 Å². The first kappa shape index (κ1) is 25.8. The van der Waals surface area contributed by atoms with E-state index in [-0.39, 0.29) is 29.3 Å². The van der Waals surface area contributed by atoms with Gasteiger partial charge in [-0.1, -0.05) is 26.3 Å². The highest BCUT2D eigenvalue weighted by atomic mass is 19.1. The number of rotatable bonds is 7. The van der Waals surface area contributed by atoms with E-state index in [1.807, 2.05) is 24.3 Å². The van der Waals surface area contributed by atoms with E-state index in [0.29, 0.717) is 34.6 Å². The van der Waals surface area contributed by atoms with Gasteiger partial charge in [0.25, 0.3) is 0 Å². The number of carboxylic acid groups (broad SMARTS) is 1. The van der Waals surface area contributed by atoms with Crippen molar-refractivity contribution in [2.24, 2.45) is 11.3 Å². The third-order valence-electron chi connectivity index (χ3n) is 9.54. The second-order valence-electron chi connectivity index (χ2n) is 12.2. The van der Waals surface area contributed by atoms with E-state index >= 15 is 8.78 Å². The quantitative estimate of drug-likeness (QED) is 0.337. The molecule has 2 saturated carbocycles. The molecule has 0 saturated heterocycles. The number of hydrogen-bond donors (Lipinski definition) is 1. The Balaban J connectivity index is 1.34. The fourth-order valence-corrected chi connectivity index (χ4v) is 7.19. The Bertz CT molecular complexity index is 1460. The van der Waals surface area contributed by atoms with Crippen LogP contribution < -0.4 is 9.47 Å². The topological polar surface area (TPSA) is 55.8 Å². The highest BCUT2D eigenvalue weighted by Crippen LogP contribution is 2.62. The molecular weight excluding hydrogens is 498 g/mol. The maximum Gasteiger partial charge on any atom is 0.307 e. The van der Waals surface area contributed by atoms with Crippen molar-refractivity contribution in [3.05, 3.63) is 82.4 Å². The van der Waals surface area contributed by atoms with Crippen molar-refractivity contribution in [3.63, 3.8) is 0 Å². The van der Waals surface area contributed by atoms with Crippen LogP contribution in [0.5, 0.6) is 11.5 Å². The summed E-state index contributed by atoms with van der Waals surface area (Å²) >= 11 is 0. The molecule has 39 heavy (non-hydrogen) atoms. The second-order valence-corrected chi connectivity index (χ2v) is 12.2. The monoisotopic (exact) mass is 532 g/mol. The molecule has 3 aliphatic rings. The van der Waals surface area contributed by atoms with Gasteiger partial charge in [-0.3, -0.25) is 4.79 Å². The van der Waals surface area contributed by atoms with Crippen LogP contribution in [0.1, 0.15) is 74.1 Å². The number of aliphatic carboxylic acids is 1. The smallest absolute Gasteiger partial charge is 0.307 e. The number of carboxylic acids is 1. The molecule has 4 nitrogen and oxygen atoms in total.